The van der Waals surface area contributed by atoms with Crippen LogP contribution < -0.4 is 10.5 Å². The van der Waals surface area contributed by atoms with Gasteiger partial charge in [-0.25, -0.2) is 0 Å². The summed E-state index contributed by atoms with van der Waals surface area (Å²) in [7, 11) is 1.73. The van der Waals surface area contributed by atoms with E-state index >= 15 is 0 Å². The van der Waals surface area contributed by atoms with Crippen LogP contribution in [0.4, 0.5) is 0 Å². The van der Waals surface area contributed by atoms with Crippen LogP contribution >= 0.6 is 0 Å². The third kappa shape index (κ3) is 4.10. The second kappa shape index (κ2) is 6.76. The van der Waals surface area contributed by atoms with E-state index in [0.717, 1.165) is 18.6 Å². The van der Waals surface area contributed by atoms with Gasteiger partial charge in [0.05, 0.1) is 7.11 Å². The minimum Gasteiger partial charge on any atom is -0.496 e. The van der Waals surface area contributed by atoms with E-state index in [2.05, 4.69) is 25.1 Å². The van der Waals surface area contributed by atoms with Crippen molar-refractivity contribution in [1.82, 2.24) is 0 Å². The van der Waals surface area contributed by atoms with Crippen molar-refractivity contribution in [2.45, 2.75) is 51.5 Å². The maximum Gasteiger partial charge on any atom is 0.122 e. The molecule has 0 aliphatic heterocycles. The quantitative estimate of drug-likeness (QED) is 0.817. The van der Waals surface area contributed by atoms with Crippen LogP contribution in [0.1, 0.15) is 43.2 Å². The van der Waals surface area contributed by atoms with Crippen LogP contribution in [-0.4, -0.2) is 13.2 Å². The second-order valence-electron chi connectivity index (χ2n) is 5.59. The standard InChI is InChI=1S/C17H25NO/c1-13-8-9-17(19-2)15(10-13)12-16(18)11-14-6-4-3-5-7-14/h6,8-10,16H,3-5,7,11-12,18H2,1-2H3. The van der Waals surface area contributed by atoms with E-state index in [4.69, 9.17) is 10.5 Å². The summed E-state index contributed by atoms with van der Waals surface area (Å²) < 4.78 is 5.42. The van der Waals surface area contributed by atoms with Crippen LogP contribution in [-0.2, 0) is 6.42 Å². The van der Waals surface area contributed by atoms with Gasteiger partial charge in [-0.05, 0) is 57.1 Å². The first-order chi connectivity index (χ1) is 9.19. The minimum atomic E-state index is 0.194. The summed E-state index contributed by atoms with van der Waals surface area (Å²) in [5.41, 5.74) is 10.4. The molecule has 1 atom stereocenters. The predicted octanol–water partition coefficient (Wildman–Crippen LogP) is 3.76. The summed E-state index contributed by atoms with van der Waals surface area (Å²) in [6, 6.07) is 6.50. The summed E-state index contributed by atoms with van der Waals surface area (Å²) in [4.78, 5) is 0. The normalized spacial score (nSPS) is 16.9. The Bertz CT molecular complexity index is 451. The molecule has 0 spiro atoms. The monoisotopic (exact) mass is 259 g/mol. The molecule has 2 N–H and O–H groups in total. The number of methoxy groups -OCH3 is 1. The predicted molar refractivity (Wildman–Crippen MR) is 80.6 cm³/mol. The van der Waals surface area contributed by atoms with Gasteiger partial charge in [0.1, 0.15) is 5.75 Å². The van der Waals surface area contributed by atoms with Crippen LogP contribution in [0, 0.1) is 6.92 Å². The van der Waals surface area contributed by atoms with E-state index < -0.39 is 0 Å². The van der Waals surface area contributed by atoms with Crippen LogP contribution in [0.2, 0.25) is 0 Å². The first-order valence-electron chi connectivity index (χ1n) is 7.26. The highest BCUT2D eigenvalue weighted by molar-refractivity contribution is 5.37. The number of rotatable bonds is 5. The van der Waals surface area contributed by atoms with E-state index in [0.29, 0.717) is 0 Å². The van der Waals surface area contributed by atoms with E-state index in [1.54, 1.807) is 12.7 Å². The third-order valence-corrected chi connectivity index (χ3v) is 3.83. The number of aryl methyl sites for hydroxylation is 1. The first-order valence-corrected chi connectivity index (χ1v) is 7.26. The Hall–Kier alpha value is -1.28. The number of nitrogens with two attached hydrogens (primary N) is 1. The van der Waals surface area contributed by atoms with Gasteiger partial charge in [-0.15, -0.1) is 0 Å². The van der Waals surface area contributed by atoms with Gasteiger partial charge in [0.2, 0.25) is 0 Å². The smallest absolute Gasteiger partial charge is 0.122 e. The first kappa shape index (κ1) is 14.1. The second-order valence-corrected chi connectivity index (χ2v) is 5.59. The summed E-state index contributed by atoms with van der Waals surface area (Å²) in [5, 5.41) is 0. The Kier molecular flexibility index (Phi) is 5.03. The van der Waals surface area contributed by atoms with Gasteiger partial charge >= 0.3 is 0 Å². The topological polar surface area (TPSA) is 35.2 Å². The summed E-state index contributed by atoms with van der Waals surface area (Å²) in [5.74, 6) is 0.957. The Morgan fingerprint density at radius 2 is 2.11 bits per heavy atom. The highest BCUT2D eigenvalue weighted by atomic mass is 16.5. The molecule has 1 aliphatic rings. The fraction of sp³-hybridized carbons (Fsp3) is 0.529. The molecule has 1 aromatic carbocycles. The third-order valence-electron chi connectivity index (χ3n) is 3.83. The van der Waals surface area contributed by atoms with Gasteiger partial charge in [-0.1, -0.05) is 29.3 Å². The van der Waals surface area contributed by atoms with Gasteiger partial charge in [-0.3, -0.25) is 0 Å². The van der Waals surface area contributed by atoms with Crippen molar-refractivity contribution < 1.29 is 4.74 Å². The summed E-state index contributed by atoms with van der Waals surface area (Å²) in [6.07, 6.45) is 9.43. The van der Waals surface area contributed by atoms with E-state index in [1.807, 2.05) is 6.07 Å². The SMILES string of the molecule is COc1ccc(C)cc1CC(N)CC1=CCCCC1. The highest BCUT2D eigenvalue weighted by Crippen LogP contribution is 2.25. The lowest BCUT2D eigenvalue weighted by Crippen LogP contribution is -2.24. The molecule has 0 fully saturated rings. The molecule has 0 radical (unpaired) electrons. The number of allylic oxidation sites excluding steroid dienone is 1. The van der Waals surface area contributed by atoms with E-state index in [9.17, 15) is 0 Å². The Morgan fingerprint density at radius 1 is 1.26 bits per heavy atom. The Morgan fingerprint density at radius 3 is 2.79 bits per heavy atom. The van der Waals surface area contributed by atoms with E-state index in [1.165, 1.54) is 36.8 Å². The van der Waals surface area contributed by atoms with Crippen molar-refractivity contribution in [2.24, 2.45) is 5.73 Å². The maximum absolute atomic E-state index is 6.31. The molecule has 0 saturated carbocycles. The van der Waals surface area contributed by atoms with E-state index in [-0.39, 0.29) is 6.04 Å². The van der Waals surface area contributed by atoms with Crippen molar-refractivity contribution in [1.29, 1.82) is 0 Å². The van der Waals surface area contributed by atoms with Gasteiger partial charge in [0.15, 0.2) is 0 Å². The van der Waals surface area contributed by atoms with Crippen molar-refractivity contribution in [3.63, 3.8) is 0 Å². The molecule has 19 heavy (non-hydrogen) atoms. The molecule has 0 saturated heterocycles. The molecule has 104 valence electrons. The molecule has 2 nitrogen and oxygen atoms in total. The number of hydrogen-bond donors (Lipinski definition) is 1. The van der Waals surface area contributed by atoms with Crippen molar-refractivity contribution in [3.05, 3.63) is 41.0 Å². The molecule has 0 amide bonds. The fourth-order valence-electron chi connectivity index (χ4n) is 2.85. The van der Waals surface area contributed by atoms with Crippen LogP contribution in [0.15, 0.2) is 29.8 Å². The Labute approximate surface area is 116 Å². The van der Waals surface area contributed by atoms with Gasteiger partial charge < -0.3 is 10.5 Å². The van der Waals surface area contributed by atoms with Crippen LogP contribution in [0.5, 0.6) is 5.75 Å². The van der Waals surface area contributed by atoms with Gasteiger partial charge in [-0.2, -0.15) is 0 Å². The highest BCUT2D eigenvalue weighted by Gasteiger charge is 2.12. The summed E-state index contributed by atoms with van der Waals surface area (Å²) in [6.45, 7) is 2.11. The Balaban J connectivity index is 1.99. The molecular weight excluding hydrogens is 234 g/mol. The molecule has 2 rings (SSSR count). The molecule has 0 aromatic heterocycles. The molecule has 1 aliphatic carbocycles. The lowest BCUT2D eigenvalue weighted by Gasteiger charge is -2.18. The molecule has 0 heterocycles. The fourth-order valence-corrected chi connectivity index (χ4v) is 2.85. The molecular formula is C17H25NO. The lowest BCUT2D eigenvalue weighted by atomic mass is 9.92. The zero-order valence-electron chi connectivity index (χ0n) is 12.1. The van der Waals surface area contributed by atoms with Gasteiger partial charge in [0.25, 0.3) is 0 Å². The number of hydrogen-bond acceptors (Lipinski definition) is 2. The zero-order chi connectivity index (χ0) is 13.7. The minimum absolute atomic E-state index is 0.194. The number of benzene rings is 1. The molecule has 2 heteroatoms. The van der Waals surface area contributed by atoms with Crippen molar-refractivity contribution in [2.75, 3.05) is 7.11 Å². The number of ether oxygens (including phenoxy) is 1. The average Bonchev–Trinajstić information content (AvgIpc) is 2.40. The van der Waals surface area contributed by atoms with Crippen molar-refractivity contribution >= 4 is 0 Å². The molecule has 0 bridgehead atoms. The largest absolute Gasteiger partial charge is 0.496 e. The zero-order valence-corrected chi connectivity index (χ0v) is 12.1. The molecule has 1 aromatic rings. The maximum atomic E-state index is 6.31. The van der Waals surface area contributed by atoms with Gasteiger partial charge in [0, 0.05) is 6.04 Å². The van der Waals surface area contributed by atoms with Crippen LogP contribution in [0.3, 0.4) is 0 Å². The summed E-state index contributed by atoms with van der Waals surface area (Å²) >= 11 is 0. The lowest BCUT2D eigenvalue weighted by molar-refractivity contribution is 0.407. The van der Waals surface area contributed by atoms with Crippen LogP contribution in [0.25, 0.3) is 0 Å². The average molecular weight is 259 g/mol. The van der Waals surface area contributed by atoms with Crippen molar-refractivity contribution in [3.8, 4) is 5.75 Å². The molecule has 1 unspecified atom stereocenters.